The van der Waals surface area contributed by atoms with Crippen molar-refractivity contribution >= 4 is 11.9 Å². The summed E-state index contributed by atoms with van der Waals surface area (Å²) in [6, 6.07) is 0. The summed E-state index contributed by atoms with van der Waals surface area (Å²) in [5.74, 6) is -0.774. The molecule has 0 aromatic rings. The van der Waals surface area contributed by atoms with Crippen LogP contribution in [0.2, 0.25) is 0 Å². The molecule has 0 aliphatic rings. The van der Waals surface area contributed by atoms with Crippen LogP contribution in [0.1, 0.15) is 187 Å². The number of carbonyl (C=O) groups is 2. The zero-order valence-corrected chi connectivity index (χ0v) is 31.3. The van der Waals surface area contributed by atoms with Crippen molar-refractivity contribution in [3.8, 4) is 0 Å². The molecule has 4 nitrogen and oxygen atoms in total. The van der Waals surface area contributed by atoms with E-state index < -0.39 is 5.97 Å². The Morgan fingerprint density at radius 2 is 0.875 bits per heavy atom. The minimum Gasteiger partial charge on any atom is -0.481 e. The molecule has 0 aliphatic carbocycles. The first-order valence-corrected chi connectivity index (χ1v) is 19.9. The summed E-state index contributed by atoms with van der Waals surface area (Å²) >= 11 is 0. The first-order valence-electron chi connectivity index (χ1n) is 19.9. The van der Waals surface area contributed by atoms with Gasteiger partial charge in [0.2, 0.25) is 0 Å². The van der Waals surface area contributed by atoms with Crippen LogP contribution in [0.25, 0.3) is 0 Å². The van der Waals surface area contributed by atoms with E-state index in [0.717, 1.165) is 103 Å². The average molecular weight is 667 g/mol. The second-order valence-corrected chi connectivity index (χ2v) is 13.1. The molecule has 0 saturated heterocycles. The summed E-state index contributed by atoms with van der Waals surface area (Å²) in [6.07, 6.45) is 54.9. The van der Waals surface area contributed by atoms with Crippen molar-refractivity contribution < 1.29 is 19.4 Å². The van der Waals surface area contributed by atoms with Gasteiger partial charge in [0.05, 0.1) is 0 Å². The first-order chi connectivity index (χ1) is 23.6. The number of carboxylic acids is 1. The van der Waals surface area contributed by atoms with Gasteiger partial charge in [0, 0.05) is 12.8 Å². The molecule has 0 aromatic heterocycles. The average Bonchev–Trinajstić information content (AvgIpc) is 3.07. The largest absolute Gasteiger partial charge is 0.481 e. The highest BCUT2D eigenvalue weighted by Crippen LogP contribution is 2.18. The van der Waals surface area contributed by atoms with Gasteiger partial charge in [0.15, 0.2) is 0 Å². The zero-order valence-electron chi connectivity index (χ0n) is 31.3. The third kappa shape index (κ3) is 37.8. The Kier molecular flexibility index (Phi) is 36.7. The highest BCUT2D eigenvalue weighted by atomic mass is 16.5. The lowest BCUT2D eigenvalue weighted by Gasteiger charge is -2.18. The highest BCUT2D eigenvalue weighted by molar-refractivity contribution is 5.69. The molecule has 0 saturated carbocycles. The number of rotatable bonds is 35. The molecule has 4 heteroatoms. The van der Waals surface area contributed by atoms with Gasteiger partial charge in [-0.3, -0.25) is 9.59 Å². The van der Waals surface area contributed by atoms with Gasteiger partial charge in [-0.25, -0.2) is 0 Å². The van der Waals surface area contributed by atoms with E-state index in [1.165, 1.54) is 57.8 Å². The molecular formula is C44H74O4. The third-order valence-electron chi connectivity index (χ3n) is 8.44. The zero-order chi connectivity index (χ0) is 35.0. The number of allylic oxidation sites excluding steroid dienone is 12. The monoisotopic (exact) mass is 667 g/mol. The fourth-order valence-electron chi connectivity index (χ4n) is 5.54. The highest BCUT2D eigenvalue weighted by Gasteiger charge is 2.14. The predicted octanol–water partition coefficient (Wildman–Crippen LogP) is 13.9. The lowest BCUT2D eigenvalue weighted by molar-refractivity contribution is -0.150. The molecule has 0 heterocycles. The molecule has 0 aromatic carbocycles. The standard InChI is InChI=1S/C44H74O4/c1-3-5-7-9-11-13-15-16-17-18-19-20-21-22-23-24-25-27-29-31-37-41-44(47)48-42(39-35-32-33-36-40-43(45)46)38-34-30-28-26-14-12-10-8-6-4-2/h5,7,11,13,16-17,19-20,22-23,25,27,42H,3-4,6,8-10,12,14-15,18,21,24,26,28-41H2,1-2H3,(H,45,46)/b7-5-,13-11-,17-16-,20-19-,23-22-,27-25-. The quantitative estimate of drug-likeness (QED) is 0.0415. The van der Waals surface area contributed by atoms with Crippen LogP contribution in [0.5, 0.6) is 0 Å². The summed E-state index contributed by atoms with van der Waals surface area (Å²) in [7, 11) is 0. The van der Waals surface area contributed by atoms with Gasteiger partial charge in [-0.1, -0.05) is 157 Å². The fraction of sp³-hybridized carbons (Fsp3) is 0.682. The molecule has 0 bridgehead atoms. The lowest BCUT2D eigenvalue weighted by atomic mass is 10.0. The van der Waals surface area contributed by atoms with Gasteiger partial charge < -0.3 is 9.84 Å². The molecule has 0 spiro atoms. The molecule has 48 heavy (non-hydrogen) atoms. The number of aliphatic carboxylic acids is 1. The number of esters is 1. The molecule has 274 valence electrons. The van der Waals surface area contributed by atoms with E-state index in [2.05, 4.69) is 86.8 Å². The number of hydrogen-bond donors (Lipinski definition) is 1. The molecule has 0 radical (unpaired) electrons. The summed E-state index contributed by atoms with van der Waals surface area (Å²) in [5, 5.41) is 8.84. The normalized spacial score (nSPS) is 13.0. The molecule has 1 atom stereocenters. The summed E-state index contributed by atoms with van der Waals surface area (Å²) < 4.78 is 5.95. The maximum absolute atomic E-state index is 12.6. The van der Waals surface area contributed by atoms with Crippen LogP contribution >= 0.6 is 0 Å². The predicted molar refractivity (Wildman–Crippen MR) is 208 cm³/mol. The van der Waals surface area contributed by atoms with Crippen molar-refractivity contribution in [2.45, 2.75) is 193 Å². The number of hydrogen-bond acceptors (Lipinski definition) is 3. The van der Waals surface area contributed by atoms with Gasteiger partial charge in [-0.15, -0.1) is 0 Å². The van der Waals surface area contributed by atoms with Crippen molar-refractivity contribution in [1.29, 1.82) is 0 Å². The molecule has 1 unspecified atom stereocenters. The van der Waals surface area contributed by atoms with Crippen LogP contribution in [-0.2, 0) is 14.3 Å². The van der Waals surface area contributed by atoms with E-state index in [4.69, 9.17) is 9.84 Å². The SMILES string of the molecule is CC/C=C\C/C=C\C/C=C\C/C=C\C/C=C\C/C=C\CCCCC(=O)OC(CCCCCCCCCCCC)CCCCCCC(=O)O. The number of carboxylic acid groups (broad SMARTS) is 1. The number of unbranched alkanes of at least 4 members (excludes halogenated alkanes) is 14. The maximum atomic E-state index is 12.6. The summed E-state index contributed by atoms with van der Waals surface area (Å²) in [5.41, 5.74) is 0. The topological polar surface area (TPSA) is 63.6 Å². The molecule has 0 fully saturated rings. The molecule has 0 rings (SSSR count). The molecule has 0 amide bonds. The molecule has 1 N–H and O–H groups in total. The lowest BCUT2D eigenvalue weighted by Crippen LogP contribution is -2.18. The minimum absolute atomic E-state index is 0.00869. The van der Waals surface area contributed by atoms with Crippen molar-refractivity contribution in [3.63, 3.8) is 0 Å². The number of carbonyl (C=O) groups excluding carboxylic acids is 1. The Hall–Kier alpha value is -2.62. The van der Waals surface area contributed by atoms with Crippen LogP contribution in [0.4, 0.5) is 0 Å². The van der Waals surface area contributed by atoms with Gasteiger partial charge in [0.1, 0.15) is 6.10 Å². The second-order valence-electron chi connectivity index (χ2n) is 13.1. The van der Waals surface area contributed by atoms with Gasteiger partial charge >= 0.3 is 11.9 Å². The molecule has 0 aliphatic heterocycles. The van der Waals surface area contributed by atoms with Crippen molar-refractivity contribution in [1.82, 2.24) is 0 Å². The Morgan fingerprint density at radius 3 is 1.33 bits per heavy atom. The van der Waals surface area contributed by atoms with E-state index in [1.807, 2.05) is 0 Å². The fourth-order valence-corrected chi connectivity index (χ4v) is 5.54. The van der Waals surface area contributed by atoms with Crippen molar-refractivity contribution in [3.05, 3.63) is 72.9 Å². The maximum Gasteiger partial charge on any atom is 0.306 e. The van der Waals surface area contributed by atoms with E-state index in [9.17, 15) is 9.59 Å². The Morgan fingerprint density at radius 1 is 0.479 bits per heavy atom. The van der Waals surface area contributed by atoms with E-state index in [0.29, 0.717) is 6.42 Å². The van der Waals surface area contributed by atoms with Gasteiger partial charge in [-0.05, 0) is 89.9 Å². The van der Waals surface area contributed by atoms with E-state index >= 15 is 0 Å². The van der Waals surface area contributed by atoms with E-state index in [1.54, 1.807) is 0 Å². The van der Waals surface area contributed by atoms with Crippen molar-refractivity contribution in [2.75, 3.05) is 0 Å². The third-order valence-corrected chi connectivity index (χ3v) is 8.44. The molecular weight excluding hydrogens is 592 g/mol. The first kappa shape index (κ1) is 45.4. The smallest absolute Gasteiger partial charge is 0.306 e. The van der Waals surface area contributed by atoms with Gasteiger partial charge in [0.25, 0.3) is 0 Å². The Bertz CT molecular complexity index is 892. The summed E-state index contributed by atoms with van der Waals surface area (Å²) in [4.78, 5) is 23.4. The summed E-state index contributed by atoms with van der Waals surface area (Å²) in [6.45, 7) is 4.42. The minimum atomic E-state index is -0.719. The Labute approximate surface area is 297 Å². The Balaban J connectivity index is 4.07. The van der Waals surface area contributed by atoms with Crippen LogP contribution < -0.4 is 0 Å². The second kappa shape index (κ2) is 38.8. The van der Waals surface area contributed by atoms with Crippen molar-refractivity contribution in [2.24, 2.45) is 0 Å². The van der Waals surface area contributed by atoms with Crippen LogP contribution in [0, 0.1) is 0 Å². The van der Waals surface area contributed by atoms with Gasteiger partial charge in [-0.2, -0.15) is 0 Å². The number of ether oxygens (including phenoxy) is 1. The van der Waals surface area contributed by atoms with Crippen LogP contribution in [0.3, 0.4) is 0 Å². The van der Waals surface area contributed by atoms with E-state index in [-0.39, 0.29) is 18.5 Å². The van der Waals surface area contributed by atoms with Crippen LogP contribution in [0.15, 0.2) is 72.9 Å². The van der Waals surface area contributed by atoms with Crippen LogP contribution in [-0.4, -0.2) is 23.1 Å².